The van der Waals surface area contributed by atoms with Crippen molar-refractivity contribution in [2.24, 2.45) is 0 Å². The van der Waals surface area contributed by atoms with Gasteiger partial charge < -0.3 is 16.0 Å². The topological polar surface area (TPSA) is 84.1 Å². The summed E-state index contributed by atoms with van der Waals surface area (Å²) in [6, 6.07) is 0. The van der Waals surface area contributed by atoms with Crippen LogP contribution in [-0.4, -0.2) is 34.9 Å². The van der Waals surface area contributed by atoms with Crippen LogP contribution in [-0.2, 0) is 4.79 Å². The number of carbonyl (C=O) groups excluding carboxylic acids is 1. The number of aromatic nitrogens is 2. The molecular weight excluding hydrogens is 294 g/mol. The van der Waals surface area contributed by atoms with Crippen molar-refractivity contribution < 1.29 is 4.79 Å². The van der Waals surface area contributed by atoms with E-state index in [1.54, 1.807) is 11.3 Å². The first-order chi connectivity index (χ1) is 9.65. The first kappa shape index (κ1) is 13.3. The fourth-order valence-electron chi connectivity index (χ4n) is 2.20. The SMILES string of the molecule is Cc1nc(-c2c(N)nsc2N2CCNC(=O)CC2)cs1. The van der Waals surface area contributed by atoms with E-state index in [0.717, 1.165) is 27.8 Å². The summed E-state index contributed by atoms with van der Waals surface area (Å²) in [5.41, 5.74) is 7.78. The lowest BCUT2D eigenvalue weighted by Gasteiger charge is -2.20. The molecule has 8 heteroatoms. The van der Waals surface area contributed by atoms with E-state index in [0.29, 0.717) is 25.3 Å². The van der Waals surface area contributed by atoms with Gasteiger partial charge >= 0.3 is 0 Å². The third kappa shape index (κ3) is 2.48. The highest BCUT2D eigenvalue weighted by atomic mass is 32.1. The first-order valence-electron chi connectivity index (χ1n) is 6.34. The highest BCUT2D eigenvalue weighted by Crippen LogP contribution is 2.39. The number of nitrogens with one attached hydrogen (secondary N) is 1. The lowest BCUT2D eigenvalue weighted by atomic mass is 10.2. The normalized spacial score (nSPS) is 16.1. The number of anilines is 2. The summed E-state index contributed by atoms with van der Waals surface area (Å²) in [6.45, 7) is 4.07. The molecule has 3 heterocycles. The predicted octanol–water partition coefficient (Wildman–Crippen LogP) is 1.48. The Balaban J connectivity index is 1.96. The Kier molecular flexibility index (Phi) is 3.58. The standard InChI is InChI=1S/C12H15N5OS2/c1-7-15-8(6-19-7)10-11(13)16-20-12(10)17-4-2-9(18)14-3-5-17/h6H,2-5H2,1H3,(H2,13,16)(H,14,18). The van der Waals surface area contributed by atoms with Crippen molar-refractivity contribution in [1.29, 1.82) is 0 Å². The minimum atomic E-state index is 0.0936. The van der Waals surface area contributed by atoms with E-state index in [9.17, 15) is 4.79 Å². The zero-order valence-corrected chi connectivity index (χ0v) is 12.7. The largest absolute Gasteiger partial charge is 0.382 e. The molecule has 0 saturated carbocycles. The van der Waals surface area contributed by atoms with Crippen LogP contribution in [0.3, 0.4) is 0 Å². The first-order valence-corrected chi connectivity index (χ1v) is 8.00. The maximum atomic E-state index is 11.4. The number of aryl methyl sites for hydroxylation is 1. The van der Waals surface area contributed by atoms with Crippen molar-refractivity contribution in [3.63, 3.8) is 0 Å². The van der Waals surface area contributed by atoms with Gasteiger partial charge in [-0.1, -0.05) is 0 Å². The molecule has 1 amide bonds. The molecule has 1 fully saturated rings. The molecule has 0 unspecified atom stereocenters. The number of thiazole rings is 1. The number of carbonyl (C=O) groups is 1. The van der Waals surface area contributed by atoms with Crippen molar-refractivity contribution in [3.8, 4) is 11.3 Å². The Morgan fingerprint density at radius 3 is 3.05 bits per heavy atom. The monoisotopic (exact) mass is 309 g/mol. The van der Waals surface area contributed by atoms with Gasteiger partial charge in [-0.05, 0) is 18.5 Å². The van der Waals surface area contributed by atoms with Crippen molar-refractivity contribution >= 4 is 39.6 Å². The van der Waals surface area contributed by atoms with Gasteiger partial charge in [0.1, 0.15) is 10.8 Å². The number of hydrogen-bond donors (Lipinski definition) is 2. The van der Waals surface area contributed by atoms with Gasteiger partial charge in [0.05, 0.1) is 16.3 Å². The van der Waals surface area contributed by atoms with Gasteiger partial charge in [-0.2, -0.15) is 4.37 Å². The van der Waals surface area contributed by atoms with E-state index in [-0.39, 0.29) is 5.91 Å². The zero-order valence-electron chi connectivity index (χ0n) is 11.0. The number of hydrogen-bond acceptors (Lipinski definition) is 7. The van der Waals surface area contributed by atoms with Crippen LogP contribution in [0.2, 0.25) is 0 Å². The summed E-state index contributed by atoms with van der Waals surface area (Å²) in [6.07, 6.45) is 0.493. The fourth-order valence-corrected chi connectivity index (χ4v) is 3.68. The molecule has 3 rings (SSSR count). The van der Waals surface area contributed by atoms with Crippen LogP contribution < -0.4 is 16.0 Å². The Morgan fingerprint density at radius 1 is 1.45 bits per heavy atom. The van der Waals surface area contributed by atoms with Crippen molar-refractivity contribution in [2.75, 3.05) is 30.3 Å². The van der Waals surface area contributed by atoms with Crippen LogP contribution in [0.15, 0.2) is 5.38 Å². The fraction of sp³-hybridized carbons (Fsp3) is 0.417. The van der Waals surface area contributed by atoms with Crippen LogP contribution in [0.25, 0.3) is 11.3 Å². The average Bonchev–Trinajstić information content (AvgIpc) is 2.93. The van der Waals surface area contributed by atoms with E-state index in [1.807, 2.05) is 12.3 Å². The molecule has 1 aliphatic heterocycles. The Bertz CT molecular complexity index is 636. The molecule has 0 aliphatic carbocycles. The molecule has 0 bridgehead atoms. The summed E-state index contributed by atoms with van der Waals surface area (Å²) in [4.78, 5) is 18.1. The zero-order chi connectivity index (χ0) is 14.1. The smallest absolute Gasteiger partial charge is 0.221 e. The summed E-state index contributed by atoms with van der Waals surface area (Å²) in [5.74, 6) is 0.606. The van der Waals surface area contributed by atoms with Crippen molar-refractivity contribution in [3.05, 3.63) is 10.4 Å². The molecule has 2 aromatic rings. The minimum absolute atomic E-state index is 0.0936. The second kappa shape index (κ2) is 5.37. The molecule has 0 spiro atoms. The predicted molar refractivity (Wildman–Crippen MR) is 82.2 cm³/mol. The van der Waals surface area contributed by atoms with Crippen LogP contribution >= 0.6 is 22.9 Å². The number of nitrogens with zero attached hydrogens (tertiary/aromatic N) is 3. The molecule has 0 atom stereocenters. The maximum absolute atomic E-state index is 11.4. The van der Waals surface area contributed by atoms with Crippen molar-refractivity contribution in [2.45, 2.75) is 13.3 Å². The third-order valence-corrected chi connectivity index (χ3v) is 4.87. The molecule has 1 saturated heterocycles. The molecule has 0 aromatic carbocycles. The van der Waals surface area contributed by atoms with Crippen LogP contribution in [0.4, 0.5) is 10.8 Å². The van der Waals surface area contributed by atoms with Crippen molar-refractivity contribution in [1.82, 2.24) is 14.7 Å². The van der Waals surface area contributed by atoms with Crippen LogP contribution in [0.1, 0.15) is 11.4 Å². The van der Waals surface area contributed by atoms with E-state index in [4.69, 9.17) is 5.73 Å². The highest BCUT2D eigenvalue weighted by Gasteiger charge is 2.23. The minimum Gasteiger partial charge on any atom is -0.382 e. The molecule has 20 heavy (non-hydrogen) atoms. The summed E-state index contributed by atoms with van der Waals surface area (Å²) in [7, 11) is 0. The summed E-state index contributed by atoms with van der Waals surface area (Å²) in [5, 5.41) is 6.88. The molecule has 2 aromatic heterocycles. The maximum Gasteiger partial charge on any atom is 0.221 e. The molecular formula is C12H15N5OS2. The molecule has 1 aliphatic rings. The summed E-state index contributed by atoms with van der Waals surface area (Å²) < 4.78 is 4.26. The molecule has 0 radical (unpaired) electrons. The Hall–Kier alpha value is -1.67. The van der Waals surface area contributed by atoms with Gasteiger partial charge in [0.2, 0.25) is 5.91 Å². The average molecular weight is 309 g/mol. The quantitative estimate of drug-likeness (QED) is 0.878. The van der Waals surface area contributed by atoms with Gasteiger partial charge in [0, 0.05) is 31.4 Å². The second-order valence-electron chi connectivity index (χ2n) is 4.59. The number of rotatable bonds is 2. The molecule has 6 nitrogen and oxygen atoms in total. The van der Waals surface area contributed by atoms with Gasteiger partial charge in [0.15, 0.2) is 0 Å². The Morgan fingerprint density at radius 2 is 2.30 bits per heavy atom. The molecule has 106 valence electrons. The summed E-state index contributed by atoms with van der Waals surface area (Å²) >= 11 is 2.97. The van der Waals surface area contributed by atoms with Gasteiger partial charge in [-0.25, -0.2) is 4.98 Å². The second-order valence-corrected chi connectivity index (χ2v) is 6.40. The van der Waals surface area contributed by atoms with Gasteiger partial charge in [-0.15, -0.1) is 11.3 Å². The van der Waals surface area contributed by atoms with Crippen LogP contribution in [0, 0.1) is 6.92 Å². The number of nitrogen functional groups attached to an aromatic ring is 1. The molecule has 3 N–H and O–H groups in total. The van der Waals surface area contributed by atoms with E-state index < -0.39 is 0 Å². The van der Waals surface area contributed by atoms with E-state index in [2.05, 4.69) is 19.6 Å². The third-order valence-electron chi connectivity index (χ3n) is 3.18. The van der Waals surface area contributed by atoms with Gasteiger partial charge in [-0.3, -0.25) is 4.79 Å². The lowest BCUT2D eigenvalue weighted by molar-refractivity contribution is -0.120. The Labute approximate surface area is 124 Å². The van der Waals surface area contributed by atoms with E-state index >= 15 is 0 Å². The number of amides is 1. The van der Waals surface area contributed by atoms with E-state index in [1.165, 1.54) is 11.5 Å². The highest BCUT2D eigenvalue weighted by molar-refractivity contribution is 7.11. The van der Waals surface area contributed by atoms with Gasteiger partial charge in [0.25, 0.3) is 0 Å². The number of nitrogens with two attached hydrogens (primary N) is 1. The van der Waals surface area contributed by atoms with Crippen LogP contribution in [0.5, 0.6) is 0 Å². The lowest BCUT2D eigenvalue weighted by Crippen LogP contribution is -2.28.